The van der Waals surface area contributed by atoms with Crippen molar-refractivity contribution >= 4 is 11.8 Å². The van der Waals surface area contributed by atoms with E-state index in [1.807, 2.05) is 23.1 Å². The van der Waals surface area contributed by atoms with E-state index in [2.05, 4.69) is 23.5 Å². The number of fused-ring (bicyclic) bond motifs is 1. The first-order valence-corrected chi connectivity index (χ1v) is 10.5. The van der Waals surface area contributed by atoms with Crippen LogP contribution in [-0.2, 0) is 16.1 Å². The highest BCUT2D eigenvalue weighted by Gasteiger charge is 2.44. The van der Waals surface area contributed by atoms with Gasteiger partial charge in [-0.05, 0) is 44.1 Å². The molecule has 1 aliphatic heterocycles. The summed E-state index contributed by atoms with van der Waals surface area (Å²) in [6.07, 6.45) is 11.3. The Kier molecular flexibility index (Phi) is 5.33. The van der Waals surface area contributed by atoms with Gasteiger partial charge >= 0.3 is 0 Å². The van der Waals surface area contributed by atoms with E-state index in [0.29, 0.717) is 19.5 Å². The van der Waals surface area contributed by atoms with Crippen molar-refractivity contribution in [2.24, 2.45) is 11.3 Å². The largest absolute Gasteiger partial charge is 0.355 e. The van der Waals surface area contributed by atoms with Crippen LogP contribution in [-0.4, -0.2) is 23.3 Å². The van der Waals surface area contributed by atoms with Crippen molar-refractivity contribution in [1.29, 1.82) is 0 Å². The number of piperidine rings is 1. The van der Waals surface area contributed by atoms with Crippen LogP contribution in [0.1, 0.15) is 63.4 Å². The summed E-state index contributed by atoms with van der Waals surface area (Å²) >= 11 is 0. The molecule has 0 bridgehead atoms. The third-order valence-corrected chi connectivity index (χ3v) is 6.66. The fourth-order valence-electron chi connectivity index (χ4n) is 5.08. The molecule has 1 atom stereocenters. The van der Waals surface area contributed by atoms with Crippen LogP contribution >= 0.6 is 0 Å². The van der Waals surface area contributed by atoms with Crippen LogP contribution in [0.15, 0.2) is 42.1 Å². The Morgan fingerprint density at radius 1 is 1.11 bits per heavy atom. The lowest BCUT2D eigenvalue weighted by Crippen LogP contribution is -2.50. The SMILES string of the molecule is O=C(NCC12CCCC=C1N(Cc1ccccc1)C(=O)CC2)C1CCCC1. The zero-order valence-electron chi connectivity index (χ0n) is 16.1. The summed E-state index contributed by atoms with van der Waals surface area (Å²) in [6.45, 7) is 1.30. The third kappa shape index (κ3) is 3.80. The van der Waals surface area contributed by atoms with Crippen molar-refractivity contribution < 1.29 is 9.59 Å². The average Bonchev–Trinajstić information content (AvgIpc) is 3.24. The topological polar surface area (TPSA) is 49.4 Å². The normalized spacial score (nSPS) is 25.9. The summed E-state index contributed by atoms with van der Waals surface area (Å²) < 4.78 is 0. The maximum atomic E-state index is 12.7. The number of carbonyl (C=O) groups excluding carboxylic acids is 2. The second-order valence-electron chi connectivity index (χ2n) is 8.43. The Balaban J connectivity index is 1.51. The highest BCUT2D eigenvalue weighted by molar-refractivity contribution is 5.81. The van der Waals surface area contributed by atoms with Crippen LogP contribution < -0.4 is 5.32 Å². The molecule has 2 fully saturated rings. The molecule has 2 amide bonds. The van der Waals surface area contributed by atoms with Gasteiger partial charge in [-0.25, -0.2) is 0 Å². The lowest BCUT2D eigenvalue weighted by molar-refractivity contribution is -0.134. The van der Waals surface area contributed by atoms with Crippen molar-refractivity contribution in [3.05, 3.63) is 47.7 Å². The minimum absolute atomic E-state index is 0.0742. The highest BCUT2D eigenvalue weighted by atomic mass is 16.2. The zero-order chi connectivity index (χ0) is 18.7. The molecule has 27 heavy (non-hydrogen) atoms. The summed E-state index contributed by atoms with van der Waals surface area (Å²) in [5.74, 6) is 0.631. The van der Waals surface area contributed by atoms with E-state index in [1.165, 1.54) is 12.8 Å². The van der Waals surface area contributed by atoms with E-state index in [1.54, 1.807) is 0 Å². The number of nitrogens with one attached hydrogen (secondary N) is 1. The molecule has 3 aliphatic rings. The molecule has 1 unspecified atom stereocenters. The summed E-state index contributed by atoms with van der Waals surface area (Å²) in [4.78, 5) is 27.3. The number of benzene rings is 1. The zero-order valence-corrected chi connectivity index (χ0v) is 16.1. The third-order valence-electron chi connectivity index (χ3n) is 6.66. The first kappa shape index (κ1) is 18.3. The number of nitrogens with zero attached hydrogens (tertiary/aromatic N) is 1. The molecule has 1 N–H and O–H groups in total. The number of hydrogen-bond donors (Lipinski definition) is 1. The Bertz CT molecular complexity index is 721. The predicted molar refractivity (Wildman–Crippen MR) is 106 cm³/mol. The van der Waals surface area contributed by atoms with Gasteiger partial charge in [-0.15, -0.1) is 0 Å². The molecule has 2 aliphatic carbocycles. The molecule has 1 saturated heterocycles. The van der Waals surface area contributed by atoms with E-state index >= 15 is 0 Å². The number of likely N-dealkylation sites (tertiary alicyclic amines) is 1. The van der Waals surface area contributed by atoms with Gasteiger partial charge in [-0.2, -0.15) is 0 Å². The highest BCUT2D eigenvalue weighted by Crippen LogP contribution is 2.46. The maximum Gasteiger partial charge on any atom is 0.227 e. The van der Waals surface area contributed by atoms with Crippen molar-refractivity contribution in [3.63, 3.8) is 0 Å². The van der Waals surface area contributed by atoms with Gasteiger partial charge in [0.05, 0.1) is 6.54 Å². The minimum atomic E-state index is -0.0742. The summed E-state index contributed by atoms with van der Waals surface area (Å²) in [5, 5.41) is 3.27. The molecule has 1 aromatic carbocycles. The molecule has 144 valence electrons. The molecule has 0 aromatic heterocycles. The summed E-state index contributed by atoms with van der Waals surface area (Å²) in [6, 6.07) is 10.2. The van der Waals surface area contributed by atoms with Gasteiger partial charge in [0.1, 0.15) is 0 Å². The predicted octanol–water partition coefficient (Wildman–Crippen LogP) is 4.17. The van der Waals surface area contributed by atoms with E-state index in [0.717, 1.165) is 49.8 Å². The van der Waals surface area contributed by atoms with E-state index in [-0.39, 0.29) is 23.1 Å². The van der Waals surface area contributed by atoms with E-state index in [9.17, 15) is 9.59 Å². The molecule has 1 saturated carbocycles. The van der Waals surface area contributed by atoms with Crippen molar-refractivity contribution in [2.45, 2.75) is 64.3 Å². The van der Waals surface area contributed by atoms with Gasteiger partial charge in [0, 0.05) is 30.0 Å². The molecule has 0 radical (unpaired) electrons. The number of amides is 2. The van der Waals surface area contributed by atoms with Crippen LogP contribution in [0.3, 0.4) is 0 Å². The lowest BCUT2D eigenvalue weighted by atomic mass is 9.69. The summed E-state index contributed by atoms with van der Waals surface area (Å²) in [7, 11) is 0. The van der Waals surface area contributed by atoms with Gasteiger partial charge in [-0.3, -0.25) is 9.59 Å². The molecule has 0 spiro atoms. The van der Waals surface area contributed by atoms with Crippen LogP contribution in [0.25, 0.3) is 0 Å². The van der Waals surface area contributed by atoms with Crippen molar-refractivity contribution in [2.75, 3.05) is 6.54 Å². The number of rotatable bonds is 5. The van der Waals surface area contributed by atoms with E-state index < -0.39 is 0 Å². The number of hydrogen-bond acceptors (Lipinski definition) is 2. The smallest absolute Gasteiger partial charge is 0.227 e. The Morgan fingerprint density at radius 2 is 1.89 bits per heavy atom. The van der Waals surface area contributed by atoms with Gasteiger partial charge in [-0.1, -0.05) is 49.2 Å². The minimum Gasteiger partial charge on any atom is -0.355 e. The molecular formula is C23H30N2O2. The molecule has 1 heterocycles. The van der Waals surface area contributed by atoms with Gasteiger partial charge < -0.3 is 10.2 Å². The van der Waals surface area contributed by atoms with Crippen LogP contribution in [0, 0.1) is 11.3 Å². The van der Waals surface area contributed by atoms with Crippen molar-refractivity contribution in [1.82, 2.24) is 10.2 Å². The lowest BCUT2D eigenvalue weighted by Gasteiger charge is -2.47. The van der Waals surface area contributed by atoms with Gasteiger partial charge in [0.25, 0.3) is 0 Å². The quantitative estimate of drug-likeness (QED) is 0.850. The standard InChI is InChI=1S/C23H30N2O2/c26-21-13-15-23(17-24-22(27)19-10-4-5-11-19)14-7-6-12-20(23)25(21)16-18-8-2-1-3-9-18/h1-3,8-9,12,19H,4-7,10-11,13-17H2,(H,24,27). The van der Waals surface area contributed by atoms with Crippen LogP contribution in [0.5, 0.6) is 0 Å². The van der Waals surface area contributed by atoms with Crippen molar-refractivity contribution in [3.8, 4) is 0 Å². The second-order valence-corrected chi connectivity index (χ2v) is 8.43. The number of carbonyl (C=O) groups is 2. The monoisotopic (exact) mass is 366 g/mol. The molecule has 1 aromatic rings. The summed E-state index contributed by atoms with van der Waals surface area (Å²) in [5.41, 5.74) is 2.23. The Labute approximate surface area is 162 Å². The average molecular weight is 367 g/mol. The molecule has 4 nitrogen and oxygen atoms in total. The molecular weight excluding hydrogens is 336 g/mol. The van der Waals surface area contributed by atoms with Crippen LogP contribution in [0.2, 0.25) is 0 Å². The van der Waals surface area contributed by atoms with Crippen LogP contribution in [0.4, 0.5) is 0 Å². The number of allylic oxidation sites excluding steroid dienone is 1. The second kappa shape index (κ2) is 7.87. The first-order valence-electron chi connectivity index (χ1n) is 10.5. The van der Waals surface area contributed by atoms with Gasteiger partial charge in [0.2, 0.25) is 11.8 Å². The Hall–Kier alpha value is -2.10. The first-order chi connectivity index (χ1) is 13.2. The molecule has 4 heteroatoms. The Morgan fingerprint density at radius 3 is 2.67 bits per heavy atom. The fraction of sp³-hybridized carbons (Fsp3) is 0.565. The van der Waals surface area contributed by atoms with E-state index in [4.69, 9.17) is 0 Å². The maximum absolute atomic E-state index is 12.7. The molecule has 4 rings (SSSR count). The fourth-order valence-corrected chi connectivity index (χ4v) is 5.08. The van der Waals surface area contributed by atoms with Gasteiger partial charge in [0.15, 0.2) is 0 Å².